The van der Waals surface area contributed by atoms with Crippen LogP contribution in [0.1, 0.15) is 58.3 Å². The zero-order valence-corrected chi connectivity index (χ0v) is 11.2. The lowest BCUT2D eigenvalue weighted by atomic mass is 9.68. The Morgan fingerprint density at radius 1 is 0.875 bits per heavy atom. The molecule has 2 rings (SSSR count). The van der Waals surface area contributed by atoms with Gasteiger partial charge in [-0.05, 0) is 56.5 Å². The Kier molecular flexibility index (Phi) is 4.69. The number of rotatable bonds is 4. The second kappa shape index (κ2) is 6.05. The molecule has 0 saturated heterocycles. The largest absolute Gasteiger partial charge is 0.319 e. The first-order valence-electron chi connectivity index (χ1n) is 7.51. The summed E-state index contributed by atoms with van der Waals surface area (Å²) >= 11 is 0. The van der Waals surface area contributed by atoms with Crippen molar-refractivity contribution in [1.29, 1.82) is 0 Å². The Bertz CT molecular complexity index is 202. The summed E-state index contributed by atoms with van der Waals surface area (Å²) in [4.78, 5) is 0. The normalized spacial score (nSPS) is 40.1. The minimum atomic E-state index is 0.988. The summed E-state index contributed by atoms with van der Waals surface area (Å²) in [5, 5.41) is 3.41. The number of hydrogen-bond donors (Lipinski definition) is 1. The van der Waals surface area contributed by atoms with Gasteiger partial charge in [-0.1, -0.05) is 39.0 Å². The summed E-state index contributed by atoms with van der Waals surface area (Å²) in [6.07, 6.45) is 12.0. The first kappa shape index (κ1) is 12.4. The Morgan fingerprint density at radius 3 is 2.25 bits per heavy atom. The van der Waals surface area contributed by atoms with E-state index in [9.17, 15) is 0 Å². The average Bonchev–Trinajstić information content (AvgIpc) is 2.77. The smallest absolute Gasteiger partial charge is 0.00208 e. The number of nitrogens with one attached hydrogen (secondary N) is 1. The van der Waals surface area contributed by atoms with Crippen molar-refractivity contribution >= 4 is 0 Å². The van der Waals surface area contributed by atoms with Gasteiger partial charge in [-0.15, -0.1) is 0 Å². The Labute approximate surface area is 101 Å². The van der Waals surface area contributed by atoms with E-state index >= 15 is 0 Å². The predicted molar refractivity (Wildman–Crippen MR) is 70.5 cm³/mol. The zero-order valence-electron chi connectivity index (χ0n) is 11.2. The van der Waals surface area contributed by atoms with Crippen molar-refractivity contribution in [3.8, 4) is 0 Å². The van der Waals surface area contributed by atoms with Crippen LogP contribution in [0, 0.1) is 23.7 Å². The molecule has 0 bridgehead atoms. The lowest BCUT2D eigenvalue weighted by Gasteiger charge is -2.38. The molecule has 0 aromatic rings. The van der Waals surface area contributed by atoms with Crippen molar-refractivity contribution < 1.29 is 0 Å². The Hall–Kier alpha value is -0.0400. The molecule has 1 heteroatoms. The fraction of sp³-hybridized carbons (Fsp3) is 1.00. The maximum atomic E-state index is 3.41. The van der Waals surface area contributed by atoms with E-state index in [1.165, 1.54) is 57.9 Å². The molecule has 0 radical (unpaired) electrons. The molecule has 2 aliphatic rings. The molecule has 0 aliphatic heterocycles. The van der Waals surface area contributed by atoms with Crippen LogP contribution in [0.3, 0.4) is 0 Å². The quantitative estimate of drug-likeness (QED) is 0.763. The van der Waals surface area contributed by atoms with Crippen molar-refractivity contribution in [2.24, 2.45) is 23.7 Å². The lowest BCUT2D eigenvalue weighted by Crippen LogP contribution is -2.32. The SMILES string of the molecule is CCC1CCCCC1C1CCCC1CNC. The molecule has 4 unspecified atom stereocenters. The summed E-state index contributed by atoms with van der Waals surface area (Å²) in [7, 11) is 2.12. The molecule has 4 atom stereocenters. The third-order valence-corrected chi connectivity index (χ3v) is 5.23. The van der Waals surface area contributed by atoms with Gasteiger partial charge < -0.3 is 5.32 Å². The highest BCUT2D eigenvalue weighted by Crippen LogP contribution is 2.46. The third kappa shape index (κ3) is 2.61. The third-order valence-electron chi connectivity index (χ3n) is 5.23. The van der Waals surface area contributed by atoms with Crippen LogP contribution in [0.15, 0.2) is 0 Å². The average molecular weight is 223 g/mol. The molecule has 94 valence electrons. The Balaban J connectivity index is 1.97. The van der Waals surface area contributed by atoms with Crippen LogP contribution in [0.4, 0.5) is 0 Å². The molecule has 2 aliphatic carbocycles. The molecular formula is C15H29N. The standard InChI is InChI=1S/C15H29N/c1-3-12-7-4-5-9-14(12)15-10-6-8-13(15)11-16-2/h12-16H,3-11H2,1-2H3. The molecule has 0 heterocycles. The highest BCUT2D eigenvalue weighted by Gasteiger charge is 2.37. The molecule has 2 saturated carbocycles. The second-order valence-corrected chi connectivity index (χ2v) is 6.03. The minimum absolute atomic E-state index is 0.988. The van der Waals surface area contributed by atoms with Crippen molar-refractivity contribution in [2.45, 2.75) is 58.3 Å². The van der Waals surface area contributed by atoms with Gasteiger partial charge >= 0.3 is 0 Å². The Morgan fingerprint density at radius 2 is 1.50 bits per heavy atom. The van der Waals surface area contributed by atoms with E-state index in [2.05, 4.69) is 19.3 Å². The number of hydrogen-bond acceptors (Lipinski definition) is 1. The highest BCUT2D eigenvalue weighted by atomic mass is 14.8. The van der Waals surface area contributed by atoms with Crippen LogP contribution in [-0.2, 0) is 0 Å². The van der Waals surface area contributed by atoms with Gasteiger partial charge in [0.05, 0.1) is 0 Å². The summed E-state index contributed by atoms with van der Waals surface area (Å²) in [6.45, 7) is 3.67. The minimum Gasteiger partial charge on any atom is -0.319 e. The van der Waals surface area contributed by atoms with Crippen LogP contribution in [0.25, 0.3) is 0 Å². The molecule has 0 aromatic carbocycles. The maximum absolute atomic E-state index is 3.41. The summed E-state index contributed by atoms with van der Waals surface area (Å²) in [5.74, 6) is 4.16. The molecular weight excluding hydrogens is 194 g/mol. The van der Waals surface area contributed by atoms with Gasteiger partial charge in [0.1, 0.15) is 0 Å². The monoisotopic (exact) mass is 223 g/mol. The molecule has 16 heavy (non-hydrogen) atoms. The van der Waals surface area contributed by atoms with E-state index in [0.29, 0.717) is 0 Å². The zero-order chi connectivity index (χ0) is 11.4. The van der Waals surface area contributed by atoms with Gasteiger partial charge in [-0.25, -0.2) is 0 Å². The van der Waals surface area contributed by atoms with Crippen LogP contribution in [-0.4, -0.2) is 13.6 Å². The molecule has 1 N–H and O–H groups in total. The van der Waals surface area contributed by atoms with E-state index in [4.69, 9.17) is 0 Å². The topological polar surface area (TPSA) is 12.0 Å². The van der Waals surface area contributed by atoms with Crippen molar-refractivity contribution in [3.05, 3.63) is 0 Å². The van der Waals surface area contributed by atoms with E-state index in [0.717, 1.165) is 23.7 Å². The molecule has 0 amide bonds. The van der Waals surface area contributed by atoms with Crippen molar-refractivity contribution in [3.63, 3.8) is 0 Å². The maximum Gasteiger partial charge on any atom is -0.00208 e. The summed E-state index contributed by atoms with van der Waals surface area (Å²) < 4.78 is 0. The van der Waals surface area contributed by atoms with Gasteiger partial charge in [0.15, 0.2) is 0 Å². The van der Waals surface area contributed by atoms with Crippen molar-refractivity contribution in [2.75, 3.05) is 13.6 Å². The van der Waals surface area contributed by atoms with E-state index in [-0.39, 0.29) is 0 Å². The van der Waals surface area contributed by atoms with E-state index in [1.807, 2.05) is 0 Å². The van der Waals surface area contributed by atoms with Crippen LogP contribution in [0.5, 0.6) is 0 Å². The molecule has 1 nitrogen and oxygen atoms in total. The van der Waals surface area contributed by atoms with Gasteiger partial charge in [-0.3, -0.25) is 0 Å². The molecule has 0 aromatic heterocycles. The molecule has 0 spiro atoms. The highest BCUT2D eigenvalue weighted by molar-refractivity contribution is 4.88. The summed E-state index contributed by atoms with van der Waals surface area (Å²) in [6, 6.07) is 0. The van der Waals surface area contributed by atoms with Crippen molar-refractivity contribution in [1.82, 2.24) is 5.32 Å². The van der Waals surface area contributed by atoms with Gasteiger partial charge in [0.25, 0.3) is 0 Å². The fourth-order valence-electron chi connectivity index (χ4n) is 4.45. The molecule has 2 fully saturated rings. The summed E-state index contributed by atoms with van der Waals surface area (Å²) in [5.41, 5.74) is 0. The van der Waals surface area contributed by atoms with Gasteiger partial charge in [0.2, 0.25) is 0 Å². The first-order chi connectivity index (χ1) is 7.86. The van der Waals surface area contributed by atoms with Crippen LogP contribution in [0.2, 0.25) is 0 Å². The van der Waals surface area contributed by atoms with E-state index < -0.39 is 0 Å². The van der Waals surface area contributed by atoms with Crippen LogP contribution < -0.4 is 5.32 Å². The second-order valence-electron chi connectivity index (χ2n) is 6.03. The van der Waals surface area contributed by atoms with Crippen LogP contribution >= 0.6 is 0 Å². The first-order valence-corrected chi connectivity index (χ1v) is 7.51. The van der Waals surface area contributed by atoms with E-state index in [1.54, 1.807) is 0 Å². The predicted octanol–water partition coefficient (Wildman–Crippen LogP) is 3.84. The lowest BCUT2D eigenvalue weighted by molar-refractivity contribution is 0.127. The fourth-order valence-corrected chi connectivity index (χ4v) is 4.45. The van der Waals surface area contributed by atoms with Gasteiger partial charge in [-0.2, -0.15) is 0 Å². The van der Waals surface area contributed by atoms with Gasteiger partial charge in [0, 0.05) is 0 Å².